The summed E-state index contributed by atoms with van der Waals surface area (Å²) in [5, 5.41) is 9.22. The molecule has 1 rings (SSSR count). The molecular weight excluding hydrogens is 256 g/mol. The van der Waals surface area contributed by atoms with Gasteiger partial charge in [-0.05, 0) is 25.5 Å². The summed E-state index contributed by atoms with van der Waals surface area (Å²) >= 11 is 0. The number of rotatable bonds is 9. The Kier molecular flexibility index (Phi) is 7.09. The zero-order valence-corrected chi connectivity index (χ0v) is 12.6. The highest BCUT2D eigenvalue weighted by atomic mass is 16.5. The van der Waals surface area contributed by atoms with Gasteiger partial charge in [0.2, 0.25) is 0 Å². The first-order valence-electron chi connectivity index (χ1n) is 7.10. The second kappa shape index (κ2) is 8.59. The molecule has 20 heavy (non-hydrogen) atoms. The highest BCUT2D eigenvalue weighted by Crippen LogP contribution is 2.34. The first-order valence-corrected chi connectivity index (χ1v) is 7.10. The third kappa shape index (κ3) is 4.23. The molecule has 1 aromatic rings. The minimum atomic E-state index is -0.0329. The number of ketones is 1. The maximum absolute atomic E-state index is 11.7. The summed E-state index contributed by atoms with van der Waals surface area (Å²) in [6.07, 6.45) is 3.57. The molecule has 0 radical (unpaired) electrons. The predicted octanol–water partition coefficient (Wildman–Crippen LogP) is 3.00. The molecule has 0 fully saturated rings. The number of unbranched alkanes of at least 4 members (excludes halogenated alkanes) is 2. The molecule has 0 saturated carbocycles. The van der Waals surface area contributed by atoms with Gasteiger partial charge in [0, 0.05) is 24.2 Å². The van der Waals surface area contributed by atoms with Crippen LogP contribution in [0.4, 0.5) is 0 Å². The third-order valence-corrected chi connectivity index (χ3v) is 3.18. The SMILES string of the molecule is CCCCCOc1c(OC)ccc(C(C)=O)c1CCO. The Balaban J connectivity index is 3.07. The summed E-state index contributed by atoms with van der Waals surface area (Å²) in [6.45, 7) is 4.21. The Morgan fingerprint density at radius 2 is 2.05 bits per heavy atom. The Hall–Kier alpha value is -1.55. The number of hydrogen-bond acceptors (Lipinski definition) is 4. The number of methoxy groups -OCH3 is 1. The quantitative estimate of drug-likeness (QED) is 0.558. The van der Waals surface area contributed by atoms with E-state index in [0.29, 0.717) is 30.1 Å². The van der Waals surface area contributed by atoms with Gasteiger partial charge in [-0.2, -0.15) is 0 Å². The third-order valence-electron chi connectivity index (χ3n) is 3.18. The summed E-state index contributed by atoms with van der Waals surface area (Å²) in [6, 6.07) is 3.47. The van der Waals surface area contributed by atoms with Crippen LogP contribution in [0, 0.1) is 0 Å². The summed E-state index contributed by atoms with van der Waals surface area (Å²) in [4.78, 5) is 11.7. The lowest BCUT2D eigenvalue weighted by molar-refractivity contribution is 0.101. The Morgan fingerprint density at radius 1 is 1.30 bits per heavy atom. The average molecular weight is 280 g/mol. The molecular formula is C16H24O4. The van der Waals surface area contributed by atoms with E-state index in [1.807, 2.05) is 0 Å². The molecule has 0 aliphatic heterocycles. The van der Waals surface area contributed by atoms with Crippen LogP contribution in [-0.4, -0.2) is 31.2 Å². The van der Waals surface area contributed by atoms with E-state index in [4.69, 9.17) is 9.47 Å². The van der Waals surface area contributed by atoms with E-state index >= 15 is 0 Å². The molecule has 0 unspecified atom stereocenters. The molecule has 1 aromatic carbocycles. The smallest absolute Gasteiger partial charge is 0.165 e. The van der Waals surface area contributed by atoms with Gasteiger partial charge in [0.25, 0.3) is 0 Å². The van der Waals surface area contributed by atoms with Crippen molar-refractivity contribution in [2.75, 3.05) is 20.3 Å². The fraction of sp³-hybridized carbons (Fsp3) is 0.562. The van der Waals surface area contributed by atoms with Crippen molar-refractivity contribution in [3.63, 3.8) is 0 Å². The van der Waals surface area contributed by atoms with Gasteiger partial charge in [0.1, 0.15) is 0 Å². The Morgan fingerprint density at radius 3 is 2.60 bits per heavy atom. The van der Waals surface area contributed by atoms with Gasteiger partial charge < -0.3 is 14.6 Å². The fourth-order valence-corrected chi connectivity index (χ4v) is 2.14. The van der Waals surface area contributed by atoms with Crippen molar-refractivity contribution in [3.05, 3.63) is 23.3 Å². The lowest BCUT2D eigenvalue weighted by atomic mass is 10.00. The van der Waals surface area contributed by atoms with Gasteiger partial charge in [-0.25, -0.2) is 0 Å². The highest BCUT2D eigenvalue weighted by molar-refractivity contribution is 5.96. The number of benzene rings is 1. The van der Waals surface area contributed by atoms with E-state index in [1.165, 1.54) is 6.92 Å². The summed E-state index contributed by atoms with van der Waals surface area (Å²) < 4.78 is 11.1. The minimum Gasteiger partial charge on any atom is -0.493 e. The topological polar surface area (TPSA) is 55.8 Å². The van der Waals surface area contributed by atoms with Gasteiger partial charge in [0.15, 0.2) is 17.3 Å². The number of aliphatic hydroxyl groups is 1. The number of Topliss-reactive ketones (excluding diaryl/α,β-unsaturated/α-hetero) is 1. The van der Waals surface area contributed by atoms with Crippen molar-refractivity contribution >= 4 is 5.78 Å². The first kappa shape index (κ1) is 16.5. The molecule has 0 aromatic heterocycles. The van der Waals surface area contributed by atoms with Crippen LogP contribution in [0.2, 0.25) is 0 Å². The summed E-state index contributed by atoms with van der Waals surface area (Å²) in [5.41, 5.74) is 1.32. The van der Waals surface area contributed by atoms with E-state index in [9.17, 15) is 9.90 Å². The maximum atomic E-state index is 11.7. The molecule has 0 heterocycles. The Labute approximate surface area is 120 Å². The van der Waals surface area contributed by atoms with Crippen LogP contribution in [0.5, 0.6) is 11.5 Å². The van der Waals surface area contributed by atoms with Gasteiger partial charge in [-0.3, -0.25) is 4.79 Å². The van der Waals surface area contributed by atoms with E-state index in [2.05, 4.69) is 6.92 Å². The predicted molar refractivity (Wildman–Crippen MR) is 78.8 cm³/mol. The minimum absolute atomic E-state index is 0.0290. The summed E-state index contributed by atoms with van der Waals surface area (Å²) in [7, 11) is 1.57. The second-order valence-electron chi connectivity index (χ2n) is 4.71. The first-order chi connectivity index (χ1) is 9.65. The van der Waals surface area contributed by atoms with Gasteiger partial charge >= 0.3 is 0 Å². The lowest BCUT2D eigenvalue weighted by Gasteiger charge is -2.17. The molecule has 112 valence electrons. The van der Waals surface area contributed by atoms with Crippen LogP contribution in [0.25, 0.3) is 0 Å². The lowest BCUT2D eigenvalue weighted by Crippen LogP contribution is -2.08. The monoisotopic (exact) mass is 280 g/mol. The zero-order valence-electron chi connectivity index (χ0n) is 12.6. The molecule has 0 atom stereocenters. The van der Waals surface area contributed by atoms with Crippen LogP contribution in [-0.2, 0) is 6.42 Å². The van der Waals surface area contributed by atoms with Gasteiger partial charge in [-0.1, -0.05) is 19.8 Å². The van der Waals surface area contributed by atoms with Crippen molar-refractivity contribution in [3.8, 4) is 11.5 Å². The van der Waals surface area contributed by atoms with E-state index in [-0.39, 0.29) is 12.4 Å². The van der Waals surface area contributed by atoms with Crippen molar-refractivity contribution in [2.24, 2.45) is 0 Å². The zero-order chi connectivity index (χ0) is 15.0. The van der Waals surface area contributed by atoms with Gasteiger partial charge in [-0.15, -0.1) is 0 Å². The molecule has 4 nitrogen and oxygen atoms in total. The summed E-state index contributed by atoms with van der Waals surface area (Å²) in [5.74, 6) is 1.16. The number of aliphatic hydroxyl groups excluding tert-OH is 1. The van der Waals surface area contributed by atoms with E-state index in [0.717, 1.165) is 24.8 Å². The molecule has 0 spiro atoms. The average Bonchev–Trinajstić information content (AvgIpc) is 2.44. The molecule has 0 aliphatic rings. The van der Waals surface area contributed by atoms with E-state index in [1.54, 1.807) is 19.2 Å². The van der Waals surface area contributed by atoms with Gasteiger partial charge in [0.05, 0.1) is 13.7 Å². The molecule has 4 heteroatoms. The molecule has 0 saturated heterocycles. The van der Waals surface area contributed by atoms with Crippen LogP contribution in [0.15, 0.2) is 12.1 Å². The Bertz CT molecular complexity index is 440. The van der Waals surface area contributed by atoms with Crippen molar-refractivity contribution in [1.82, 2.24) is 0 Å². The van der Waals surface area contributed by atoms with Crippen LogP contribution < -0.4 is 9.47 Å². The molecule has 0 bridgehead atoms. The van der Waals surface area contributed by atoms with Crippen molar-refractivity contribution in [2.45, 2.75) is 39.5 Å². The number of carbonyl (C=O) groups is 1. The van der Waals surface area contributed by atoms with Crippen LogP contribution in [0.3, 0.4) is 0 Å². The number of carbonyl (C=O) groups excluding carboxylic acids is 1. The molecule has 1 N–H and O–H groups in total. The maximum Gasteiger partial charge on any atom is 0.165 e. The molecule has 0 aliphatic carbocycles. The van der Waals surface area contributed by atoms with E-state index < -0.39 is 0 Å². The second-order valence-corrected chi connectivity index (χ2v) is 4.71. The van der Waals surface area contributed by atoms with Crippen LogP contribution >= 0.6 is 0 Å². The van der Waals surface area contributed by atoms with Crippen LogP contribution in [0.1, 0.15) is 49.0 Å². The largest absolute Gasteiger partial charge is 0.493 e. The standard InChI is InChI=1S/C16H24O4/c1-4-5-6-11-20-16-14(9-10-17)13(12(2)18)7-8-15(16)19-3/h7-8,17H,4-6,9-11H2,1-3H3. The fourth-order valence-electron chi connectivity index (χ4n) is 2.14. The highest BCUT2D eigenvalue weighted by Gasteiger charge is 2.17. The van der Waals surface area contributed by atoms with Crippen molar-refractivity contribution in [1.29, 1.82) is 0 Å². The molecule has 0 amide bonds. The normalized spacial score (nSPS) is 10.4. The number of ether oxygens (including phenoxy) is 2. The van der Waals surface area contributed by atoms with Crippen molar-refractivity contribution < 1.29 is 19.4 Å². The number of hydrogen-bond donors (Lipinski definition) is 1.